The summed E-state index contributed by atoms with van der Waals surface area (Å²) in [6, 6.07) is 0. The highest BCUT2D eigenvalue weighted by atomic mass is 19.2. The predicted octanol–water partition coefficient (Wildman–Crippen LogP) is -1.75. The summed E-state index contributed by atoms with van der Waals surface area (Å²) in [4.78, 5) is 0. The molecule has 0 aliphatic carbocycles. The van der Waals surface area contributed by atoms with Gasteiger partial charge >= 0.3 is 7.40 Å². The SMILES string of the molecule is FB(F)n1nnnc1-c1nnn[n-]1. The summed E-state index contributed by atoms with van der Waals surface area (Å²) in [6.07, 6.45) is 0. The van der Waals surface area contributed by atoms with Crippen molar-refractivity contribution in [1.29, 1.82) is 0 Å². The molecule has 2 aromatic heterocycles. The Bertz CT molecular complexity index is 381. The molecule has 0 amide bonds. The molecule has 66 valence electrons. The fraction of sp³-hybridized carbons (Fsp3) is 0. The van der Waals surface area contributed by atoms with Gasteiger partial charge in [0, 0.05) is 0 Å². The third kappa shape index (κ3) is 1.23. The zero-order chi connectivity index (χ0) is 9.26. The second-order valence-corrected chi connectivity index (χ2v) is 1.93. The lowest BCUT2D eigenvalue weighted by molar-refractivity contribution is 0.599. The van der Waals surface area contributed by atoms with Gasteiger partial charge in [-0.1, -0.05) is 5.21 Å². The van der Waals surface area contributed by atoms with Crippen LogP contribution in [0.4, 0.5) is 8.63 Å². The molecule has 8 nitrogen and oxygen atoms in total. The van der Waals surface area contributed by atoms with Crippen LogP contribution in [-0.4, -0.2) is 43.0 Å². The van der Waals surface area contributed by atoms with E-state index in [0.29, 0.717) is 0 Å². The van der Waals surface area contributed by atoms with E-state index in [0.717, 1.165) is 0 Å². The first-order valence-electron chi connectivity index (χ1n) is 3.04. The van der Waals surface area contributed by atoms with Gasteiger partial charge in [-0.25, -0.2) is 4.59 Å². The van der Waals surface area contributed by atoms with Gasteiger partial charge in [0.15, 0.2) is 5.82 Å². The molecule has 0 aromatic carbocycles. The molecule has 0 saturated heterocycles. The molecule has 0 spiro atoms. The van der Waals surface area contributed by atoms with Crippen LogP contribution in [0, 0.1) is 0 Å². The van der Waals surface area contributed by atoms with Crippen molar-refractivity contribution in [3.05, 3.63) is 0 Å². The number of hydrogen-bond acceptors (Lipinski definition) is 6. The van der Waals surface area contributed by atoms with Crippen LogP contribution in [0.1, 0.15) is 0 Å². The van der Waals surface area contributed by atoms with Gasteiger partial charge in [0.1, 0.15) is 0 Å². The topological polar surface area (TPSA) is 96.4 Å². The molecule has 0 saturated carbocycles. The van der Waals surface area contributed by atoms with E-state index in [2.05, 4.69) is 36.1 Å². The van der Waals surface area contributed by atoms with Gasteiger partial charge in [0.05, 0.1) is 5.82 Å². The summed E-state index contributed by atoms with van der Waals surface area (Å²) in [5.74, 6) is -0.398. The van der Waals surface area contributed by atoms with E-state index in [1.807, 2.05) is 0 Å². The molecule has 0 unspecified atom stereocenters. The van der Waals surface area contributed by atoms with Gasteiger partial charge in [-0.15, -0.1) is 5.10 Å². The molecular formula is C2BF2N8-. The predicted molar refractivity (Wildman–Crippen MR) is 33.3 cm³/mol. The van der Waals surface area contributed by atoms with Crippen molar-refractivity contribution in [3.63, 3.8) is 0 Å². The molecule has 2 heterocycles. The Morgan fingerprint density at radius 3 is 2.69 bits per heavy atom. The Balaban J connectivity index is 2.46. The van der Waals surface area contributed by atoms with Crippen molar-refractivity contribution in [2.45, 2.75) is 0 Å². The molecule has 0 fully saturated rings. The largest absolute Gasteiger partial charge is 0.698 e. The number of halogens is 2. The van der Waals surface area contributed by atoms with E-state index < -0.39 is 7.40 Å². The van der Waals surface area contributed by atoms with Crippen LogP contribution < -0.4 is 5.10 Å². The highest BCUT2D eigenvalue weighted by Crippen LogP contribution is 2.07. The summed E-state index contributed by atoms with van der Waals surface area (Å²) >= 11 is 0. The zero-order valence-corrected chi connectivity index (χ0v) is 5.91. The fourth-order valence-corrected chi connectivity index (χ4v) is 0.706. The Morgan fingerprint density at radius 1 is 1.23 bits per heavy atom. The van der Waals surface area contributed by atoms with Crippen LogP contribution in [0.3, 0.4) is 0 Å². The second kappa shape index (κ2) is 2.84. The highest BCUT2D eigenvalue weighted by Gasteiger charge is 2.23. The van der Waals surface area contributed by atoms with Crippen LogP contribution in [-0.2, 0) is 0 Å². The number of tetrazole rings is 2. The molecule has 13 heavy (non-hydrogen) atoms. The Kier molecular flexibility index (Phi) is 1.68. The van der Waals surface area contributed by atoms with Crippen molar-refractivity contribution in [3.8, 4) is 11.6 Å². The summed E-state index contributed by atoms with van der Waals surface area (Å²) in [5.41, 5.74) is 0. The van der Waals surface area contributed by atoms with Crippen molar-refractivity contribution in [1.82, 2.24) is 40.7 Å². The van der Waals surface area contributed by atoms with Crippen LogP contribution in [0.15, 0.2) is 0 Å². The Morgan fingerprint density at radius 2 is 2.08 bits per heavy atom. The van der Waals surface area contributed by atoms with Gasteiger partial charge in [-0.3, -0.25) is 18.9 Å². The van der Waals surface area contributed by atoms with Gasteiger partial charge < -0.3 is 5.10 Å². The van der Waals surface area contributed by atoms with E-state index in [-0.39, 0.29) is 16.2 Å². The van der Waals surface area contributed by atoms with Gasteiger partial charge in [-0.05, 0) is 5.21 Å². The normalized spacial score (nSPS) is 10.3. The Hall–Kier alpha value is -1.94. The molecule has 0 aliphatic rings. The maximum atomic E-state index is 12.2. The second-order valence-electron chi connectivity index (χ2n) is 1.93. The molecule has 0 atom stereocenters. The first-order chi connectivity index (χ1) is 6.29. The molecule has 0 aliphatic heterocycles. The average Bonchev–Trinajstić information content (AvgIpc) is 2.74. The number of nitrogens with zero attached hydrogens (tertiary/aromatic N) is 8. The summed E-state index contributed by atoms with van der Waals surface area (Å²) in [6.45, 7) is 0. The minimum absolute atomic E-state index is 0.134. The van der Waals surface area contributed by atoms with Gasteiger partial charge in [0.2, 0.25) is 0 Å². The average molecular weight is 185 g/mol. The minimum Gasteiger partial charge on any atom is -0.327 e. The van der Waals surface area contributed by atoms with Gasteiger partial charge in [-0.2, -0.15) is 5.21 Å². The zero-order valence-electron chi connectivity index (χ0n) is 5.91. The summed E-state index contributed by atoms with van der Waals surface area (Å²) < 4.78 is 24.6. The van der Waals surface area contributed by atoms with Crippen molar-refractivity contribution >= 4 is 7.40 Å². The van der Waals surface area contributed by atoms with Crippen LogP contribution >= 0.6 is 0 Å². The first kappa shape index (κ1) is 7.70. The minimum atomic E-state index is -2.84. The molecule has 11 heteroatoms. The van der Waals surface area contributed by atoms with E-state index >= 15 is 0 Å². The van der Waals surface area contributed by atoms with Gasteiger partial charge in [0.25, 0.3) is 0 Å². The summed E-state index contributed by atoms with van der Waals surface area (Å²) in [7, 11) is -2.84. The fourth-order valence-electron chi connectivity index (χ4n) is 0.706. The van der Waals surface area contributed by atoms with E-state index in [4.69, 9.17) is 0 Å². The lowest BCUT2D eigenvalue weighted by Gasteiger charge is -1.97. The van der Waals surface area contributed by atoms with Crippen molar-refractivity contribution in [2.75, 3.05) is 0 Å². The highest BCUT2D eigenvalue weighted by molar-refractivity contribution is 6.40. The monoisotopic (exact) mass is 185 g/mol. The molecule has 2 rings (SSSR count). The maximum Gasteiger partial charge on any atom is 0.698 e. The maximum absolute atomic E-state index is 12.2. The smallest absolute Gasteiger partial charge is 0.327 e. The third-order valence-corrected chi connectivity index (χ3v) is 1.20. The van der Waals surface area contributed by atoms with Crippen molar-refractivity contribution < 1.29 is 8.63 Å². The van der Waals surface area contributed by atoms with E-state index in [1.54, 1.807) is 0 Å². The van der Waals surface area contributed by atoms with E-state index in [1.165, 1.54) is 0 Å². The third-order valence-electron chi connectivity index (χ3n) is 1.20. The van der Waals surface area contributed by atoms with Crippen LogP contribution in [0.2, 0.25) is 0 Å². The van der Waals surface area contributed by atoms with E-state index in [9.17, 15) is 8.63 Å². The number of aromatic nitrogens is 8. The standard InChI is InChI=1S/C2BF2N8/c4-3(5)13-2(8-11-12-13)1-6-9-10-7-1/q-1. The lowest BCUT2D eigenvalue weighted by Crippen LogP contribution is -2.16. The quantitative estimate of drug-likeness (QED) is 0.511. The van der Waals surface area contributed by atoms with Crippen LogP contribution in [0.5, 0.6) is 0 Å². The molecule has 0 N–H and O–H groups in total. The number of hydrogen-bond donors (Lipinski definition) is 0. The Labute approximate surface area is 69.5 Å². The number of rotatable bonds is 2. The molecule has 2 aromatic rings. The molecule has 0 radical (unpaired) electrons. The molecule has 0 bridgehead atoms. The summed E-state index contributed by atoms with van der Waals surface area (Å²) in [5, 5.41) is 22.3. The van der Waals surface area contributed by atoms with Crippen molar-refractivity contribution in [2.24, 2.45) is 0 Å². The molecular weight excluding hydrogens is 185 g/mol. The van der Waals surface area contributed by atoms with Crippen LogP contribution in [0.25, 0.3) is 11.6 Å². The lowest BCUT2D eigenvalue weighted by atomic mass is 10.2. The first-order valence-corrected chi connectivity index (χ1v) is 3.04.